The smallest absolute Gasteiger partial charge is 0.420 e. The number of methoxy groups -OCH3 is 1. The normalized spacial score (nSPS) is 11.3. The number of nitro groups is 1. The molecule has 0 bridgehead atoms. The number of aryl methyl sites for hydroxylation is 1. The summed E-state index contributed by atoms with van der Waals surface area (Å²) < 4.78 is 42.1. The van der Waals surface area contributed by atoms with Gasteiger partial charge in [0.2, 0.25) is 0 Å². The van der Waals surface area contributed by atoms with Crippen LogP contribution in [0.4, 0.5) is 18.9 Å². The number of nitro benzene ring substituents is 1. The van der Waals surface area contributed by atoms with E-state index >= 15 is 0 Å². The number of benzene rings is 1. The number of halogens is 3. The zero-order valence-corrected chi connectivity index (χ0v) is 8.46. The van der Waals surface area contributed by atoms with Crippen molar-refractivity contribution >= 4 is 5.69 Å². The van der Waals surface area contributed by atoms with Crippen molar-refractivity contribution in [3.63, 3.8) is 0 Å². The average molecular weight is 235 g/mol. The van der Waals surface area contributed by atoms with Crippen molar-refractivity contribution in [2.45, 2.75) is 13.1 Å². The van der Waals surface area contributed by atoms with Crippen LogP contribution in [0.2, 0.25) is 0 Å². The van der Waals surface area contributed by atoms with Crippen LogP contribution >= 0.6 is 0 Å². The summed E-state index contributed by atoms with van der Waals surface area (Å²) in [4.78, 5) is 9.64. The summed E-state index contributed by atoms with van der Waals surface area (Å²) in [7, 11) is 1.08. The van der Waals surface area contributed by atoms with Crippen molar-refractivity contribution in [3.8, 4) is 5.75 Å². The summed E-state index contributed by atoms with van der Waals surface area (Å²) in [5.74, 6) is -0.421. The van der Waals surface area contributed by atoms with Gasteiger partial charge in [-0.05, 0) is 13.0 Å². The van der Waals surface area contributed by atoms with E-state index in [1.165, 1.54) is 6.92 Å². The first-order valence-electron chi connectivity index (χ1n) is 4.17. The van der Waals surface area contributed by atoms with Crippen molar-refractivity contribution in [1.82, 2.24) is 0 Å². The highest BCUT2D eigenvalue weighted by atomic mass is 19.4. The maximum absolute atomic E-state index is 12.5. The minimum atomic E-state index is -4.68. The van der Waals surface area contributed by atoms with Gasteiger partial charge in [0, 0.05) is 11.6 Å². The van der Waals surface area contributed by atoms with E-state index in [0.717, 1.165) is 13.2 Å². The Bertz CT molecular complexity index is 429. The first kappa shape index (κ1) is 12.3. The summed E-state index contributed by atoms with van der Waals surface area (Å²) >= 11 is 0. The molecule has 16 heavy (non-hydrogen) atoms. The van der Waals surface area contributed by atoms with E-state index in [2.05, 4.69) is 4.74 Å². The third-order valence-electron chi connectivity index (χ3n) is 2.02. The molecule has 1 rings (SSSR count). The molecule has 88 valence electrons. The molecule has 0 aliphatic heterocycles. The van der Waals surface area contributed by atoms with E-state index in [4.69, 9.17) is 0 Å². The Labute approximate surface area is 88.8 Å². The van der Waals surface area contributed by atoms with Crippen LogP contribution < -0.4 is 4.74 Å². The van der Waals surface area contributed by atoms with Crippen LogP contribution in [-0.2, 0) is 6.18 Å². The van der Waals surface area contributed by atoms with Gasteiger partial charge >= 0.3 is 6.18 Å². The van der Waals surface area contributed by atoms with Gasteiger partial charge in [-0.1, -0.05) is 0 Å². The molecule has 0 atom stereocenters. The van der Waals surface area contributed by atoms with Gasteiger partial charge in [0.1, 0.15) is 11.3 Å². The summed E-state index contributed by atoms with van der Waals surface area (Å²) in [5, 5.41) is 10.5. The zero-order valence-electron chi connectivity index (χ0n) is 8.46. The number of nitrogens with zero attached hydrogens (tertiary/aromatic N) is 1. The average Bonchev–Trinajstić information content (AvgIpc) is 2.14. The fourth-order valence-electron chi connectivity index (χ4n) is 1.26. The van der Waals surface area contributed by atoms with Gasteiger partial charge in [-0.2, -0.15) is 13.2 Å². The molecule has 1 aromatic carbocycles. The summed E-state index contributed by atoms with van der Waals surface area (Å²) in [6.45, 7) is 1.35. The molecule has 0 heterocycles. The predicted octanol–water partition coefficient (Wildman–Crippen LogP) is 2.93. The van der Waals surface area contributed by atoms with Crippen molar-refractivity contribution in [3.05, 3.63) is 33.4 Å². The van der Waals surface area contributed by atoms with Crippen LogP contribution in [0, 0.1) is 17.0 Å². The molecule has 0 aliphatic carbocycles. The fourth-order valence-corrected chi connectivity index (χ4v) is 1.26. The van der Waals surface area contributed by atoms with Gasteiger partial charge in [0.15, 0.2) is 0 Å². The Hall–Kier alpha value is -1.79. The lowest BCUT2D eigenvalue weighted by atomic mass is 10.1. The number of ether oxygens (including phenoxy) is 1. The minimum absolute atomic E-state index is 0.120. The molecule has 0 spiro atoms. The van der Waals surface area contributed by atoms with E-state index < -0.39 is 28.1 Å². The SMILES string of the molecule is COc1cc(C)c([N+](=O)[O-])cc1C(F)(F)F. The zero-order chi connectivity index (χ0) is 12.5. The highest BCUT2D eigenvalue weighted by molar-refractivity contribution is 5.50. The quantitative estimate of drug-likeness (QED) is 0.585. The van der Waals surface area contributed by atoms with Crippen LogP contribution in [-0.4, -0.2) is 12.0 Å². The number of rotatable bonds is 2. The van der Waals surface area contributed by atoms with Gasteiger partial charge in [-0.3, -0.25) is 10.1 Å². The molecule has 0 aromatic heterocycles. The van der Waals surface area contributed by atoms with Gasteiger partial charge in [0.25, 0.3) is 5.69 Å². The van der Waals surface area contributed by atoms with E-state index in [1.807, 2.05) is 0 Å². The minimum Gasteiger partial charge on any atom is -0.496 e. The van der Waals surface area contributed by atoms with Crippen molar-refractivity contribution < 1.29 is 22.8 Å². The first-order chi connectivity index (χ1) is 7.27. The van der Waals surface area contributed by atoms with E-state index in [0.29, 0.717) is 6.07 Å². The Kier molecular flexibility index (Phi) is 3.06. The molecule has 7 heteroatoms. The second-order valence-electron chi connectivity index (χ2n) is 3.09. The van der Waals surface area contributed by atoms with Crippen molar-refractivity contribution in [1.29, 1.82) is 0 Å². The molecule has 0 radical (unpaired) electrons. The summed E-state index contributed by atoms with van der Waals surface area (Å²) in [5.41, 5.74) is -1.60. The second kappa shape index (κ2) is 3.99. The van der Waals surface area contributed by atoms with Crippen LogP contribution in [0.15, 0.2) is 12.1 Å². The molecule has 0 saturated heterocycles. The van der Waals surface area contributed by atoms with E-state index in [-0.39, 0.29) is 5.56 Å². The molecule has 0 fully saturated rings. The monoisotopic (exact) mass is 235 g/mol. The highest BCUT2D eigenvalue weighted by Gasteiger charge is 2.36. The van der Waals surface area contributed by atoms with E-state index in [9.17, 15) is 23.3 Å². The molecule has 0 amide bonds. The third kappa shape index (κ3) is 2.23. The summed E-state index contributed by atoms with van der Waals surface area (Å²) in [6.07, 6.45) is -4.68. The van der Waals surface area contributed by atoms with Gasteiger partial charge < -0.3 is 4.74 Å². The molecule has 0 saturated carbocycles. The van der Waals surface area contributed by atoms with Gasteiger partial charge in [-0.25, -0.2) is 0 Å². The van der Waals surface area contributed by atoms with Crippen molar-refractivity contribution in [2.24, 2.45) is 0 Å². The number of alkyl halides is 3. The maximum Gasteiger partial charge on any atom is 0.420 e. The van der Waals surface area contributed by atoms with Crippen LogP contribution in [0.5, 0.6) is 5.75 Å². The molecule has 0 unspecified atom stereocenters. The molecular formula is C9H8F3NO3. The standard InChI is InChI=1S/C9H8F3NO3/c1-5-3-8(16-2)6(9(10,11)12)4-7(5)13(14)15/h3-4H,1-2H3. The lowest BCUT2D eigenvalue weighted by Crippen LogP contribution is -2.09. The molecular weight excluding hydrogens is 227 g/mol. The summed E-state index contributed by atoms with van der Waals surface area (Å²) in [6, 6.07) is 1.48. The Morgan fingerprint density at radius 3 is 2.31 bits per heavy atom. The van der Waals surface area contributed by atoms with E-state index in [1.54, 1.807) is 0 Å². The number of hydrogen-bond acceptors (Lipinski definition) is 3. The molecule has 0 aliphatic rings. The molecule has 4 nitrogen and oxygen atoms in total. The van der Waals surface area contributed by atoms with Gasteiger partial charge in [0.05, 0.1) is 12.0 Å². The fraction of sp³-hybridized carbons (Fsp3) is 0.333. The van der Waals surface area contributed by atoms with Crippen LogP contribution in [0.3, 0.4) is 0 Å². The first-order valence-corrected chi connectivity index (χ1v) is 4.17. The topological polar surface area (TPSA) is 52.4 Å². The third-order valence-corrected chi connectivity index (χ3v) is 2.02. The molecule has 0 N–H and O–H groups in total. The molecule has 1 aromatic rings. The predicted molar refractivity (Wildman–Crippen MR) is 49.4 cm³/mol. The van der Waals surface area contributed by atoms with Crippen molar-refractivity contribution in [2.75, 3.05) is 7.11 Å². The number of hydrogen-bond donors (Lipinski definition) is 0. The highest BCUT2D eigenvalue weighted by Crippen LogP contribution is 2.39. The lowest BCUT2D eigenvalue weighted by molar-refractivity contribution is -0.385. The second-order valence-corrected chi connectivity index (χ2v) is 3.09. The largest absolute Gasteiger partial charge is 0.496 e. The maximum atomic E-state index is 12.5. The Morgan fingerprint density at radius 1 is 1.38 bits per heavy atom. The van der Waals surface area contributed by atoms with Crippen LogP contribution in [0.25, 0.3) is 0 Å². The Balaban J connectivity index is 3.47. The Morgan fingerprint density at radius 2 is 1.94 bits per heavy atom. The van der Waals surface area contributed by atoms with Gasteiger partial charge in [-0.15, -0.1) is 0 Å². The lowest BCUT2D eigenvalue weighted by Gasteiger charge is -2.12. The van der Waals surface area contributed by atoms with Crippen LogP contribution in [0.1, 0.15) is 11.1 Å².